The summed E-state index contributed by atoms with van der Waals surface area (Å²) in [5.74, 6) is 0.598. The van der Waals surface area contributed by atoms with E-state index in [-0.39, 0.29) is 12.2 Å². The molecule has 0 saturated carbocycles. The first-order chi connectivity index (χ1) is 11.7. The number of aromatic amines is 1. The molecule has 0 bridgehead atoms. The van der Waals surface area contributed by atoms with Gasteiger partial charge in [0.05, 0.1) is 23.1 Å². The second-order valence-electron chi connectivity index (χ2n) is 4.96. The number of carbonyl (C=O) groups is 1. The van der Waals surface area contributed by atoms with E-state index in [0.717, 1.165) is 17.4 Å². The second-order valence-corrected chi connectivity index (χ2v) is 4.96. The number of carbonyl (C=O) groups excluding carboxylic acids is 1. The maximum atomic E-state index is 13.4. The van der Waals surface area contributed by atoms with Gasteiger partial charge in [0.15, 0.2) is 5.82 Å². The van der Waals surface area contributed by atoms with Gasteiger partial charge in [-0.1, -0.05) is 0 Å². The summed E-state index contributed by atoms with van der Waals surface area (Å²) in [6, 6.07) is 3.95. The SMILES string of the molecule is CCNc1n[nH]c2cc(NC(=O)NCc3ncccc3F)ncc12. The Bertz CT molecular complexity index is 864. The Labute approximate surface area is 136 Å². The first kappa shape index (κ1) is 15.7. The first-order valence-electron chi connectivity index (χ1n) is 7.39. The molecule has 0 fully saturated rings. The molecule has 3 heterocycles. The van der Waals surface area contributed by atoms with Crippen LogP contribution in [0, 0.1) is 5.82 Å². The van der Waals surface area contributed by atoms with E-state index in [0.29, 0.717) is 11.6 Å². The summed E-state index contributed by atoms with van der Waals surface area (Å²) < 4.78 is 13.4. The number of hydrogen-bond acceptors (Lipinski definition) is 5. The van der Waals surface area contributed by atoms with Gasteiger partial charge in [0, 0.05) is 25.0 Å². The standard InChI is InChI=1S/C15H16FN7O/c1-2-17-14-9-7-19-13(6-11(9)22-23-14)21-15(24)20-8-12-10(16)4-3-5-18-12/h3-7H,2,8H2,1H3,(H2,17,22,23)(H2,19,20,21,24). The molecule has 0 atom stereocenters. The Balaban J connectivity index is 1.64. The van der Waals surface area contributed by atoms with Crippen molar-refractivity contribution < 1.29 is 9.18 Å². The average Bonchev–Trinajstić information content (AvgIpc) is 2.97. The Hall–Kier alpha value is -3.23. The Morgan fingerprint density at radius 1 is 1.38 bits per heavy atom. The van der Waals surface area contributed by atoms with Crippen molar-refractivity contribution in [2.24, 2.45) is 0 Å². The molecule has 0 aliphatic rings. The van der Waals surface area contributed by atoms with Crippen molar-refractivity contribution in [2.45, 2.75) is 13.5 Å². The molecule has 4 N–H and O–H groups in total. The fourth-order valence-corrected chi connectivity index (χ4v) is 2.16. The second kappa shape index (κ2) is 6.90. The summed E-state index contributed by atoms with van der Waals surface area (Å²) >= 11 is 0. The van der Waals surface area contributed by atoms with Crippen LogP contribution in [-0.4, -0.2) is 32.7 Å². The van der Waals surface area contributed by atoms with Gasteiger partial charge in [-0.05, 0) is 19.1 Å². The van der Waals surface area contributed by atoms with Gasteiger partial charge in [-0.3, -0.25) is 15.4 Å². The molecule has 0 radical (unpaired) electrons. The largest absolute Gasteiger partial charge is 0.368 e. The molecule has 124 valence electrons. The number of urea groups is 1. The fourth-order valence-electron chi connectivity index (χ4n) is 2.16. The van der Waals surface area contributed by atoms with E-state index in [1.165, 1.54) is 18.3 Å². The lowest BCUT2D eigenvalue weighted by Gasteiger charge is -2.07. The van der Waals surface area contributed by atoms with Crippen LogP contribution >= 0.6 is 0 Å². The van der Waals surface area contributed by atoms with Gasteiger partial charge in [0.25, 0.3) is 0 Å². The number of nitrogens with zero attached hydrogens (tertiary/aromatic N) is 3. The lowest BCUT2D eigenvalue weighted by molar-refractivity contribution is 0.251. The third-order valence-electron chi connectivity index (χ3n) is 3.28. The molecule has 0 aliphatic carbocycles. The molecule has 0 unspecified atom stereocenters. The lowest BCUT2D eigenvalue weighted by Crippen LogP contribution is -2.29. The zero-order valence-electron chi connectivity index (χ0n) is 12.9. The number of anilines is 2. The van der Waals surface area contributed by atoms with E-state index in [1.54, 1.807) is 12.3 Å². The Morgan fingerprint density at radius 3 is 3.04 bits per heavy atom. The van der Waals surface area contributed by atoms with Gasteiger partial charge < -0.3 is 10.6 Å². The van der Waals surface area contributed by atoms with Crippen LogP contribution in [0.5, 0.6) is 0 Å². The zero-order valence-corrected chi connectivity index (χ0v) is 12.9. The number of amides is 2. The normalized spacial score (nSPS) is 10.6. The van der Waals surface area contributed by atoms with E-state index in [1.807, 2.05) is 6.92 Å². The highest BCUT2D eigenvalue weighted by Gasteiger charge is 2.09. The van der Waals surface area contributed by atoms with Gasteiger partial charge in [0.2, 0.25) is 0 Å². The van der Waals surface area contributed by atoms with Crippen molar-refractivity contribution in [3.63, 3.8) is 0 Å². The molecule has 2 amide bonds. The van der Waals surface area contributed by atoms with Crippen LogP contribution in [-0.2, 0) is 6.54 Å². The third-order valence-corrected chi connectivity index (χ3v) is 3.28. The predicted octanol–water partition coefficient (Wildman–Crippen LogP) is 2.25. The molecule has 8 nitrogen and oxygen atoms in total. The summed E-state index contributed by atoms with van der Waals surface area (Å²) in [6.45, 7) is 2.69. The minimum Gasteiger partial charge on any atom is -0.368 e. The summed E-state index contributed by atoms with van der Waals surface area (Å²) in [5.41, 5.74) is 0.909. The molecule has 3 aromatic heterocycles. The van der Waals surface area contributed by atoms with Crippen molar-refractivity contribution in [1.29, 1.82) is 0 Å². The fraction of sp³-hybridized carbons (Fsp3) is 0.200. The van der Waals surface area contributed by atoms with Crippen LogP contribution in [0.1, 0.15) is 12.6 Å². The van der Waals surface area contributed by atoms with Crippen molar-refractivity contribution in [3.8, 4) is 0 Å². The zero-order chi connectivity index (χ0) is 16.9. The van der Waals surface area contributed by atoms with Gasteiger partial charge in [-0.15, -0.1) is 0 Å². The van der Waals surface area contributed by atoms with Crippen LogP contribution in [0.15, 0.2) is 30.6 Å². The quantitative estimate of drug-likeness (QED) is 0.574. The average molecular weight is 329 g/mol. The number of rotatable bonds is 5. The number of H-pyrrole nitrogens is 1. The van der Waals surface area contributed by atoms with E-state index >= 15 is 0 Å². The van der Waals surface area contributed by atoms with Gasteiger partial charge in [0.1, 0.15) is 11.6 Å². The molecule has 0 spiro atoms. The molecule has 3 rings (SSSR count). The molecule has 0 aromatic carbocycles. The van der Waals surface area contributed by atoms with Crippen molar-refractivity contribution >= 4 is 28.6 Å². The molecule has 24 heavy (non-hydrogen) atoms. The van der Waals surface area contributed by atoms with Crippen LogP contribution in [0.3, 0.4) is 0 Å². The molecular weight excluding hydrogens is 313 g/mol. The van der Waals surface area contributed by atoms with Gasteiger partial charge in [-0.25, -0.2) is 14.2 Å². The number of pyridine rings is 2. The minimum atomic E-state index is -0.502. The smallest absolute Gasteiger partial charge is 0.320 e. The number of hydrogen-bond donors (Lipinski definition) is 4. The van der Waals surface area contributed by atoms with Crippen molar-refractivity contribution in [3.05, 3.63) is 42.1 Å². The highest BCUT2D eigenvalue weighted by Crippen LogP contribution is 2.21. The minimum absolute atomic E-state index is 0.0185. The molecule has 0 aliphatic heterocycles. The van der Waals surface area contributed by atoms with Crippen LogP contribution in [0.25, 0.3) is 10.9 Å². The summed E-state index contributed by atoms with van der Waals surface area (Å²) in [4.78, 5) is 19.9. The molecule has 9 heteroatoms. The number of fused-ring (bicyclic) bond motifs is 1. The number of halogens is 1. The van der Waals surface area contributed by atoms with Crippen molar-refractivity contribution in [2.75, 3.05) is 17.2 Å². The third kappa shape index (κ3) is 3.40. The number of nitrogens with one attached hydrogen (secondary N) is 4. The maximum absolute atomic E-state index is 13.4. The number of aromatic nitrogens is 4. The molecule has 3 aromatic rings. The van der Waals surface area contributed by atoms with E-state index in [9.17, 15) is 9.18 Å². The highest BCUT2D eigenvalue weighted by molar-refractivity contribution is 5.94. The van der Waals surface area contributed by atoms with Crippen LogP contribution in [0.2, 0.25) is 0 Å². The van der Waals surface area contributed by atoms with E-state index < -0.39 is 11.8 Å². The van der Waals surface area contributed by atoms with Crippen molar-refractivity contribution in [1.82, 2.24) is 25.5 Å². The van der Waals surface area contributed by atoms with E-state index in [2.05, 4.69) is 36.1 Å². The molecular formula is C15H16FN7O. The van der Waals surface area contributed by atoms with Crippen LogP contribution in [0.4, 0.5) is 20.8 Å². The summed E-state index contributed by atoms with van der Waals surface area (Å²) in [7, 11) is 0. The maximum Gasteiger partial charge on any atom is 0.320 e. The first-order valence-corrected chi connectivity index (χ1v) is 7.39. The Kier molecular flexibility index (Phi) is 4.50. The monoisotopic (exact) mass is 329 g/mol. The molecule has 0 saturated heterocycles. The van der Waals surface area contributed by atoms with Crippen LogP contribution < -0.4 is 16.0 Å². The summed E-state index contributed by atoms with van der Waals surface area (Å²) in [5, 5.41) is 16.1. The topological polar surface area (TPSA) is 108 Å². The highest BCUT2D eigenvalue weighted by atomic mass is 19.1. The summed E-state index contributed by atoms with van der Waals surface area (Å²) in [6.07, 6.45) is 3.08. The lowest BCUT2D eigenvalue weighted by atomic mass is 10.3. The van der Waals surface area contributed by atoms with Gasteiger partial charge in [-0.2, -0.15) is 5.10 Å². The predicted molar refractivity (Wildman–Crippen MR) is 88.1 cm³/mol. The van der Waals surface area contributed by atoms with Gasteiger partial charge >= 0.3 is 6.03 Å². The Morgan fingerprint density at radius 2 is 2.25 bits per heavy atom. The van der Waals surface area contributed by atoms with E-state index in [4.69, 9.17) is 0 Å².